The Morgan fingerprint density at radius 1 is 0.720 bits per heavy atom. The monoisotopic (exact) mass is 664 g/mol. The number of hydrogen-bond acceptors (Lipinski definition) is 3. The van der Waals surface area contributed by atoms with Crippen molar-refractivity contribution in [3.63, 3.8) is 0 Å². The highest BCUT2D eigenvalue weighted by molar-refractivity contribution is 5.97. The average molecular weight is 665 g/mol. The highest BCUT2D eigenvalue weighted by Gasteiger charge is 2.38. The zero-order chi connectivity index (χ0) is 35.7. The summed E-state index contributed by atoms with van der Waals surface area (Å²) in [6, 6.07) is 34.3. The summed E-state index contributed by atoms with van der Waals surface area (Å²) >= 11 is 0. The van der Waals surface area contributed by atoms with Gasteiger partial charge in [-0.3, -0.25) is 9.59 Å². The number of carbonyl (C=O) groups excluding carboxylic acids is 2. The summed E-state index contributed by atoms with van der Waals surface area (Å²) in [4.78, 5) is 33.4. The Balaban J connectivity index is 0.000000194. The number of fused-ring (bicyclic) bond motifs is 2. The van der Waals surface area contributed by atoms with E-state index in [1.807, 2.05) is 82.6 Å². The molecular weight excluding hydrogens is 617 g/mol. The number of nitriles is 1. The maximum atomic E-state index is 13.0. The predicted molar refractivity (Wildman–Crippen MR) is 202 cm³/mol. The Labute approximate surface area is 298 Å². The molecule has 0 saturated carbocycles. The molecule has 0 aliphatic carbocycles. The molecule has 0 bridgehead atoms. The minimum absolute atomic E-state index is 0.150. The summed E-state index contributed by atoms with van der Waals surface area (Å²) in [5, 5.41) is 9.36. The molecule has 0 unspecified atom stereocenters. The Morgan fingerprint density at radius 3 is 1.80 bits per heavy atom. The molecule has 6 nitrogen and oxygen atoms in total. The molecule has 6 rings (SSSR count). The SMILES string of the molecule is CC1(C)CCc2c(C#N)cccc2N1C(=O)CCCc1ccccc1.[C-]#[N+]c1ccc2c(c1)N(C(=O)CCCc1ccccc1)C(C)(C)CC2. The number of rotatable bonds is 8. The number of nitrogens with zero attached hydrogens (tertiary/aromatic N) is 4. The Bertz CT molecular complexity index is 1820. The van der Waals surface area contributed by atoms with E-state index in [2.05, 4.69) is 62.9 Å². The van der Waals surface area contributed by atoms with Gasteiger partial charge in [0.2, 0.25) is 11.8 Å². The smallest absolute Gasteiger partial charge is 0.227 e. The van der Waals surface area contributed by atoms with Crippen molar-refractivity contribution in [1.29, 1.82) is 5.26 Å². The molecule has 0 aromatic heterocycles. The third-order valence-corrected chi connectivity index (χ3v) is 10.1. The van der Waals surface area contributed by atoms with Crippen LogP contribution in [0.5, 0.6) is 0 Å². The van der Waals surface area contributed by atoms with E-state index in [1.165, 1.54) is 16.7 Å². The van der Waals surface area contributed by atoms with Crippen LogP contribution in [0.1, 0.15) is 94.0 Å². The fraction of sp³-hybridized carbons (Fsp3) is 0.364. The van der Waals surface area contributed by atoms with Crippen molar-refractivity contribution in [3.8, 4) is 6.07 Å². The lowest BCUT2D eigenvalue weighted by Gasteiger charge is -2.44. The maximum Gasteiger partial charge on any atom is 0.227 e. The molecule has 0 N–H and O–H groups in total. The minimum atomic E-state index is -0.217. The number of hydrogen-bond donors (Lipinski definition) is 0. The van der Waals surface area contributed by atoms with Crippen molar-refractivity contribution in [3.05, 3.63) is 136 Å². The van der Waals surface area contributed by atoms with E-state index >= 15 is 0 Å². The quantitative estimate of drug-likeness (QED) is 0.176. The van der Waals surface area contributed by atoms with Crippen molar-refractivity contribution in [1.82, 2.24) is 0 Å². The first-order valence-electron chi connectivity index (χ1n) is 17.8. The standard InChI is InChI=1S/2C22H24N2O/c1-22(2)15-14-18-12-13-19(23-3)16-20(18)24(22)21(25)11-7-10-17-8-5-4-6-9-17;1-22(2)15-14-19-18(16-23)11-7-12-20(19)24(22)21(25)13-6-10-17-8-4-3-5-9-17/h4-6,8-9,12-13,16H,7,10-11,14-15H2,1-2H3;3-5,7-9,11-12H,6,10,13-15H2,1-2H3. The molecule has 4 aromatic carbocycles. The Morgan fingerprint density at radius 2 is 1.26 bits per heavy atom. The number of aryl methyl sites for hydroxylation is 3. The first-order valence-corrected chi connectivity index (χ1v) is 17.8. The first-order chi connectivity index (χ1) is 24.0. The summed E-state index contributed by atoms with van der Waals surface area (Å²) in [6.07, 6.45) is 8.17. The van der Waals surface area contributed by atoms with Crippen LogP contribution in [-0.4, -0.2) is 22.9 Å². The molecule has 0 saturated heterocycles. The van der Waals surface area contributed by atoms with E-state index in [4.69, 9.17) is 6.57 Å². The third-order valence-electron chi connectivity index (χ3n) is 10.1. The van der Waals surface area contributed by atoms with Crippen LogP contribution in [0.2, 0.25) is 0 Å². The molecule has 2 aliphatic heterocycles. The lowest BCUT2D eigenvalue weighted by atomic mass is 9.84. The van der Waals surface area contributed by atoms with Gasteiger partial charge in [0.05, 0.1) is 18.2 Å². The van der Waals surface area contributed by atoms with E-state index in [1.54, 1.807) is 0 Å². The van der Waals surface area contributed by atoms with Crippen LogP contribution in [-0.2, 0) is 35.3 Å². The largest absolute Gasteiger partial charge is 0.308 e. The molecule has 50 heavy (non-hydrogen) atoms. The van der Waals surface area contributed by atoms with Gasteiger partial charge in [0.15, 0.2) is 5.69 Å². The highest BCUT2D eigenvalue weighted by atomic mass is 16.2. The summed E-state index contributed by atoms with van der Waals surface area (Å²) in [7, 11) is 0. The van der Waals surface area contributed by atoms with Gasteiger partial charge in [-0.2, -0.15) is 5.26 Å². The van der Waals surface area contributed by atoms with E-state index in [-0.39, 0.29) is 22.9 Å². The molecule has 6 heteroatoms. The second kappa shape index (κ2) is 16.0. The first kappa shape index (κ1) is 36.1. The average Bonchev–Trinajstić information content (AvgIpc) is 3.11. The lowest BCUT2D eigenvalue weighted by Crippen LogP contribution is -2.51. The van der Waals surface area contributed by atoms with E-state index in [0.29, 0.717) is 24.1 Å². The van der Waals surface area contributed by atoms with E-state index in [0.717, 1.165) is 68.3 Å². The van der Waals surface area contributed by atoms with Gasteiger partial charge >= 0.3 is 0 Å². The molecule has 2 aliphatic rings. The molecule has 2 heterocycles. The molecule has 0 spiro atoms. The number of anilines is 2. The van der Waals surface area contributed by atoms with Crippen molar-refractivity contribution < 1.29 is 9.59 Å². The zero-order valence-corrected chi connectivity index (χ0v) is 29.9. The second-order valence-electron chi connectivity index (χ2n) is 14.6. The molecular formula is C44H48N4O2. The summed E-state index contributed by atoms with van der Waals surface area (Å²) in [6.45, 7) is 15.7. The fourth-order valence-corrected chi connectivity index (χ4v) is 7.28. The third kappa shape index (κ3) is 8.50. The topological polar surface area (TPSA) is 68.8 Å². The van der Waals surface area contributed by atoms with E-state index in [9.17, 15) is 14.9 Å². The zero-order valence-electron chi connectivity index (χ0n) is 29.9. The Hall–Kier alpha value is -5.20. The molecule has 0 atom stereocenters. The van der Waals surface area contributed by atoms with Crippen LogP contribution in [0.25, 0.3) is 4.85 Å². The van der Waals surface area contributed by atoms with Gasteiger partial charge in [-0.25, -0.2) is 4.85 Å². The molecule has 0 fully saturated rings. The van der Waals surface area contributed by atoms with Crippen LogP contribution in [0.4, 0.5) is 17.1 Å². The van der Waals surface area contributed by atoms with Crippen LogP contribution < -0.4 is 9.80 Å². The summed E-state index contributed by atoms with van der Waals surface area (Å²) < 4.78 is 0. The highest BCUT2D eigenvalue weighted by Crippen LogP contribution is 2.40. The van der Waals surface area contributed by atoms with Gasteiger partial charge < -0.3 is 9.80 Å². The van der Waals surface area contributed by atoms with Crippen LogP contribution in [0, 0.1) is 17.9 Å². The maximum absolute atomic E-state index is 13.0. The van der Waals surface area contributed by atoms with Gasteiger partial charge in [0.25, 0.3) is 0 Å². The normalized spacial score (nSPS) is 15.3. The Kier molecular flexibility index (Phi) is 11.6. The number of carbonyl (C=O) groups is 2. The van der Waals surface area contributed by atoms with E-state index < -0.39 is 0 Å². The molecule has 256 valence electrons. The lowest BCUT2D eigenvalue weighted by molar-refractivity contribution is -0.120. The molecule has 2 amide bonds. The second-order valence-corrected chi connectivity index (χ2v) is 14.6. The van der Waals surface area contributed by atoms with Gasteiger partial charge in [0, 0.05) is 35.3 Å². The molecule has 4 aromatic rings. The van der Waals surface area contributed by atoms with Crippen LogP contribution >= 0.6 is 0 Å². The van der Waals surface area contributed by atoms with Crippen LogP contribution in [0.3, 0.4) is 0 Å². The van der Waals surface area contributed by atoms with Crippen molar-refractivity contribution in [2.45, 2.75) is 103 Å². The van der Waals surface area contributed by atoms with Gasteiger partial charge in [-0.1, -0.05) is 78.9 Å². The summed E-state index contributed by atoms with van der Waals surface area (Å²) in [5.74, 6) is 0.306. The van der Waals surface area contributed by atoms with Crippen LogP contribution in [0.15, 0.2) is 97.1 Å². The summed E-state index contributed by atoms with van der Waals surface area (Å²) in [5.41, 5.74) is 7.42. The van der Waals surface area contributed by atoms with Crippen molar-refractivity contribution in [2.75, 3.05) is 9.80 Å². The van der Waals surface area contributed by atoms with Crippen molar-refractivity contribution >= 4 is 28.9 Å². The number of benzene rings is 4. The fourth-order valence-electron chi connectivity index (χ4n) is 7.28. The molecule has 0 radical (unpaired) electrons. The van der Waals surface area contributed by atoms with Crippen molar-refractivity contribution in [2.24, 2.45) is 0 Å². The van der Waals surface area contributed by atoms with Gasteiger partial charge in [-0.15, -0.1) is 0 Å². The number of amides is 2. The predicted octanol–water partition coefficient (Wildman–Crippen LogP) is 9.96. The minimum Gasteiger partial charge on any atom is -0.308 e. The van der Waals surface area contributed by atoms with Gasteiger partial charge in [-0.05, 0) is 120 Å². The van der Waals surface area contributed by atoms with Gasteiger partial charge in [0.1, 0.15) is 0 Å².